The molecule has 0 atom stereocenters. The molecule has 0 bridgehead atoms. The van der Waals surface area contributed by atoms with E-state index in [4.69, 9.17) is 0 Å². The minimum absolute atomic E-state index is 0.0555. The van der Waals surface area contributed by atoms with Gasteiger partial charge < -0.3 is 10.2 Å². The van der Waals surface area contributed by atoms with E-state index in [1.807, 2.05) is 63.2 Å². The van der Waals surface area contributed by atoms with Crippen LogP contribution in [0.1, 0.15) is 35.6 Å². The number of benzene rings is 2. The van der Waals surface area contributed by atoms with Crippen molar-refractivity contribution in [2.45, 2.75) is 40.7 Å². The van der Waals surface area contributed by atoms with Crippen molar-refractivity contribution < 1.29 is 9.59 Å². The van der Waals surface area contributed by atoms with Crippen LogP contribution in [0.3, 0.4) is 0 Å². The van der Waals surface area contributed by atoms with Crippen LogP contribution in [-0.4, -0.2) is 18.4 Å². The largest absolute Gasteiger partial charge is 0.352 e. The highest BCUT2D eigenvalue weighted by atomic mass is 16.2. The summed E-state index contributed by atoms with van der Waals surface area (Å²) < 4.78 is 0. The predicted molar refractivity (Wildman–Crippen MR) is 102 cm³/mol. The summed E-state index contributed by atoms with van der Waals surface area (Å²) in [5.41, 5.74) is 5.26. The van der Waals surface area contributed by atoms with Crippen LogP contribution in [0, 0.1) is 20.8 Å². The fourth-order valence-electron chi connectivity index (χ4n) is 2.67. The molecule has 0 saturated heterocycles. The molecule has 2 amide bonds. The molecule has 0 aliphatic heterocycles. The van der Waals surface area contributed by atoms with Crippen molar-refractivity contribution >= 4 is 17.5 Å². The molecule has 25 heavy (non-hydrogen) atoms. The van der Waals surface area contributed by atoms with Gasteiger partial charge in [0.05, 0.1) is 0 Å². The molecular weight excluding hydrogens is 312 g/mol. The van der Waals surface area contributed by atoms with E-state index in [-0.39, 0.29) is 18.2 Å². The van der Waals surface area contributed by atoms with Gasteiger partial charge in [0.2, 0.25) is 11.8 Å². The van der Waals surface area contributed by atoms with Gasteiger partial charge in [-0.25, -0.2) is 0 Å². The van der Waals surface area contributed by atoms with E-state index in [2.05, 4.69) is 5.32 Å². The third kappa shape index (κ3) is 5.45. The van der Waals surface area contributed by atoms with E-state index < -0.39 is 0 Å². The molecule has 4 nitrogen and oxygen atoms in total. The lowest BCUT2D eigenvalue weighted by molar-refractivity contribution is -0.121. The molecular formula is C21H26N2O2. The molecule has 132 valence electrons. The Hall–Kier alpha value is -2.62. The first-order valence-corrected chi connectivity index (χ1v) is 8.54. The smallest absolute Gasteiger partial charge is 0.223 e. The number of hydrogen-bond acceptors (Lipinski definition) is 2. The van der Waals surface area contributed by atoms with Crippen LogP contribution in [0.5, 0.6) is 0 Å². The minimum atomic E-state index is -0.0582. The zero-order chi connectivity index (χ0) is 18.4. The molecule has 2 aromatic rings. The van der Waals surface area contributed by atoms with Gasteiger partial charge in [-0.1, -0.05) is 42.0 Å². The van der Waals surface area contributed by atoms with Crippen molar-refractivity contribution in [3.8, 4) is 0 Å². The Balaban J connectivity index is 1.94. The molecule has 0 radical (unpaired) electrons. The fourth-order valence-corrected chi connectivity index (χ4v) is 2.67. The van der Waals surface area contributed by atoms with Gasteiger partial charge in [-0.15, -0.1) is 0 Å². The average Bonchev–Trinajstić information content (AvgIpc) is 2.57. The number of anilines is 1. The number of hydrogen-bond donors (Lipinski definition) is 1. The summed E-state index contributed by atoms with van der Waals surface area (Å²) in [4.78, 5) is 25.8. The lowest BCUT2D eigenvalue weighted by Crippen LogP contribution is -2.34. The molecule has 0 aliphatic rings. The van der Waals surface area contributed by atoms with Crippen LogP contribution >= 0.6 is 0 Å². The summed E-state index contributed by atoms with van der Waals surface area (Å²) in [5.74, 6) is -0.114. The number of amides is 2. The number of rotatable bonds is 6. The highest BCUT2D eigenvalue weighted by Gasteiger charge is 2.15. The van der Waals surface area contributed by atoms with Crippen LogP contribution in [0.25, 0.3) is 0 Å². The topological polar surface area (TPSA) is 49.4 Å². The number of nitrogens with one attached hydrogen (secondary N) is 1. The van der Waals surface area contributed by atoms with E-state index in [9.17, 15) is 9.59 Å². The van der Waals surface area contributed by atoms with Gasteiger partial charge in [0.25, 0.3) is 0 Å². The quantitative estimate of drug-likeness (QED) is 0.873. The van der Waals surface area contributed by atoms with Crippen molar-refractivity contribution in [3.05, 3.63) is 64.7 Å². The molecule has 0 fully saturated rings. The standard InChI is InChI=1S/C21H26N2O2/c1-15-6-9-19(10-7-15)14-22-21(25)11-12-23(18(4)24)20-13-16(2)5-8-17(20)3/h5-10,13H,11-12,14H2,1-4H3,(H,22,25). The Labute approximate surface area is 149 Å². The van der Waals surface area contributed by atoms with E-state index in [1.165, 1.54) is 12.5 Å². The van der Waals surface area contributed by atoms with Crippen molar-refractivity contribution in [2.75, 3.05) is 11.4 Å². The molecule has 0 aliphatic carbocycles. The zero-order valence-corrected chi connectivity index (χ0v) is 15.4. The molecule has 0 aromatic heterocycles. The molecule has 2 aromatic carbocycles. The third-order valence-electron chi connectivity index (χ3n) is 4.21. The first-order chi connectivity index (χ1) is 11.9. The summed E-state index contributed by atoms with van der Waals surface area (Å²) in [7, 11) is 0. The monoisotopic (exact) mass is 338 g/mol. The highest BCUT2D eigenvalue weighted by Crippen LogP contribution is 2.22. The van der Waals surface area contributed by atoms with Crippen molar-refractivity contribution in [1.29, 1.82) is 0 Å². The van der Waals surface area contributed by atoms with Crippen molar-refractivity contribution in [3.63, 3.8) is 0 Å². The number of carbonyl (C=O) groups excluding carboxylic acids is 2. The third-order valence-corrected chi connectivity index (χ3v) is 4.21. The van der Waals surface area contributed by atoms with Gasteiger partial charge in [0.1, 0.15) is 0 Å². The second-order valence-electron chi connectivity index (χ2n) is 6.47. The van der Waals surface area contributed by atoms with E-state index in [0.29, 0.717) is 13.1 Å². The second kappa shape index (κ2) is 8.47. The molecule has 0 saturated carbocycles. The Bertz CT molecular complexity index is 751. The Morgan fingerprint density at radius 3 is 2.24 bits per heavy atom. The summed E-state index contributed by atoms with van der Waals surface area (Å²) in [6.07, 6.45) is 0.277. The minimum Gasteiger partial charge on any atom is -0.352 e. The Kier molecular flexibility index (Phi) is 6.34. The van der Waals surface area contributed by atoms with Crippen LogP contribution in [-0.2, 0) is 16.1 Å². The summed E-state index contributed by atoms with van der Waals surface area (Å²) >= 11 is 0. The SMILES string of the molecule is CC(=O)N(CCC(=O)NCc1ccc(C)cc1)c1cc(C)ccc1C. The van der Waals surface area contributed by atoms with Gasteiger partial charge >= 0.3 is 0 Å². The van der Waals surface area contributed by atoms with E-state index in [1.54, 1.807) is 4.90 Å². The Morgan fingerprint density at radius 1 is 0.960 bits per heavy atom. The van der Waals surface area contributed by atoms with E-state index in [0.717, 1.165) is 22.4 Å². The maximum absolute atomic E-state index is 12.1. The fraction of sp³-hybridized carbons (Fsp3) is 0.333. The van der Waals surface area contributed by atoms with E-state index >= 15 is 0 Å². The van der Waals surface area contributed by atoms with Gasteiger partial charge in [-0.05, 0) is 43.5 Å². The summed E-state index contributed by atoms with van der Waals surface area (Å²) in [6.45, 7) is 8.41. The van der Waals surface area contributed by atoms with Crippen molar-refractivity contribution in [1.82, 2.24) is 5.32 Å². The first-order valence-electron chi connectivity index (χ1n) is 8.54. The van der Waals surface area contributed by atoms with Crippen molar-refractivity contribution in [2.24, 2.45) is 0 Å². The van der Waals surface area contributed by atoms with Crippen LogP contribution < -0.4 is 10.2 Å². The first kappa shape index (κ1) is 18.7. The molecule has 2 rings (SSSR count). The Morgan fingerprint density at radius 2 is 1.60 bits per heavy atom. The zero-order valence-electron chi connectivity index (χ0n) is 15.4. The summed E-state index contributed by atoms with van der Waals surface area (Å²) in [5, 5.41) is 2.91. The normalized spacial score (nSPS) is 10.4. The summed E-state index contributed by atoms with van der Waals surface area (Å²) in [6, 6.07) is 14.1. The number of nitrogens with zero attached hydrogens (tertiary/aromatic N) is 1. The lowest BCUT2D eigenvalue weighted by Gasteiger charge is -2.23. The second-order valence-corrected chi connectivity index (χ2v) is 6.47. The maximum Gasteiger partial charge on any atom is 0.223 e. The average molecular weight is 338 g/mol. The van der Waals surface area contributed by atoms with Gasteiger partial charge in [0, 0.05) is 32.1 Å². The number of aryl methyl sites for hydroxylation is 3. The van der Waals surface area contributed by atoms with Crippen LogP contribution in [0.4, 0.5) is 5.69 Å². The van der Waals surface area contributed by atoms with Gasteiger partial charge in [-0.2, -0.15) is 0 Å². The van der Waals surface area contributed by atoms with Crippen LogP contribution in [0.2, 0.25) is 0 Å². The van der Waals surface area contributed by atoms with Gasteiger partial charge in [0.15, 0.2) is 0 Å². The molecule has 0 heterocycles. The molecule has 1 N–H and O–H groups in total. The maximum atomic E-state index is 12.1. The number of carbonyl (C=O) groups is 2. The molecule has 0 unspecified atom stereocenters. The van der Waals surface area contributed by atoms with Gasteiger partial charge in [-0.3, -0.25) is 9.59 Å². The van der Waals surface area contributed by atoms with Crippen LogP contribution in [0.15, 0.2) is 42.5 Å². The highest BCUT2D eigenvalue weighted by molar-refractivity contribution is 5.93. The lowest BCUT2D eigenvalue weighted by atomic mass is 10.1. The molecule has 0 spiro atoms. The molecule has 4 heteroatoms. The predicted octanol–water partition coefficient (Wildman–Crippen LogP) is 3.67.